The lowest BCUT2D eigenvalue weighted by Crippen LogP contribution is -2.41. The molecule has 35 heavy (non-hydrogen) atoms. The van der Waals surface area contributed by atoms with Crippen molar-refractivity contribution in [3.8, 4) is 11.1 Å². The molecule has 1 unspecified atom stereocenters. The first-order chi connectivity index (χ1) is 16.7. The number of rotatable bonds is 11. The van der Waals surface area contributed by atoms with Crippen LogP contribution in [0.25, 0.3) is 11.1 Å². The van der Waals surface area contributed by atoms with Crippen LogP contribution in [0.4, 0.5) is 4.79 Å². The Kier molecular flexibility index (Phi) is 8.90. The topological polar surface area (TPSA) is 95.9 Å². The van der Waals surface area contributed by atoms with Gasteiger partial charge in [-0.15, -0.1) is 0 Å². The maximum atomic E-state index is 12.9. The highest BCUT2D eigenvalue weighted by Gasteiger charge is 2.29. The van der Waals surface area contributed by atoms with Crippen LogP contribution in [0, 0.1) is 11.8 Å². The molecule has 0 saturated carbocycles. The number of fused-ring (bicyclic) bond motifs is 3. The number of carbonyl (C=O) groups excluding carboxylic acids is 2. The second-order valence-corrected chi connectivity index (χ2v) is 9.74. The van der Waals surface area contributed by atoms with E-state index < -0.39 is 12.1 Å². The molecule has 188 valence electrons. The zero-order valence-electron chi connectivity index (χ0n) is 21.0. The van der Waals surface area contributed by atoms with E-state index in [2.05, 4.69) is 29.6 Å². The maximum Gasteiger partial charge on any atom is 0.407 e. The quantitative estimate of drug-likeness (QED) is 0.477. The van der Waals surface area contributed by atoms with Crippen LogP contribution in [-0.2, 0) is 14.3 Å². The van der Waals surface area contributed by atoms with E-state index in [1.807, 2.05) is 52.0 Å². The Morgan fingerprint density at radius 2 is 1.54 bits per heavy atom. The van der Waals surface area contributed by atoms with Crippen molar-refractivity contribution in [3.63, 3.8) is 0 Å². The standard InChI is InChI=1S/C28H36N2O5/c1-18(2)20(15-26(31)30(19(3)4)14-13-27(32)33)16-29-28(34)35-17-25-23-11-7-5-9-21(23)22-10-6-8-12-24(22)25/h5-12,18-20,25H,13-17H2,1-4H3,(H,29,34)(H,32,33). The Morgan fingerprint density at radius 1 is 0.971 bits per heavy atom. The summed E-state index contributed by atoms with van der Waals surface area (Å²) in [5, 5.41) is 11.8. The lowest BCUT2D eigenvalue weighted by atomic mass is 9.91. The average Bonchev–Trinajstić information content (AvgIpc) is 3.13. The van der Waals surface area contributed by atoms with Crippen LogP contribution in [0.5, 0.6) is 0 Å². The normalized spacial score (nSPS) is 13.3. The SMILES string of the molecule is CC(C)C(CNC(=O)OCC1c2ccccc2-c2ccccc21)CC(=O)N(CCC(=O)O)C(C)C. The number of amides is 2. The first kappa shape index (κ1) is 26.3. The molecule has 0 aliphatic heterocycles. The van der Waals surface area contributed by atoms with Crippen LogP contribution in [-0.4, -0.2) is 53.7 Å². The summed E-state index contributed by atoms with van der Waals surface area (Å²) in [5.41, 5.74) is 4.66. The molecule has 0 aromatic heterocycles. The first-order valence-electron chi connectivity index (χ1n) is 12.3. The summed E-state index contributed by atoms with van der Waals surface area (Å²) in [5.74, 6) is -0.977. The number of nitrogens with one attached hydrogen (secondary N) is 1. The molecule has 0 fully saturated rings. The van der Waals surface area contributed by atoms with Crippen molar-refractivity contribution in [2.75, 3.05) is 19.7 Å². The molecule has 3 rings (SSSR count). The lowest BCUT2D eigenvalue weighted by Gasteiger charge is -2.29. The molecule has 0 bridgehead atoms. The van der Waals surface area contributed by atoms with E-state index in [0.29, 0.717) is 6.54 Å². The van der Waals surface area contributed by atoms with Crippen molar-refractivity contribution in [2.45, 2.75) is 52.5 Å². The van der Waals surface area contributed by atoms with E-state index in [-0.39, 0.29) is 55.7 Å². The van der Waals surface area contributed by atoms with Crippen LogP contribution in [0.3, 0.4) is 0 Å². The Balaban J connectivity index is 1.56. The van der Waals surface area contributed by atoms with Crippen LogP contribution in [0.1, 0.15) is 57.6 Å². The van der Waals surface area contributed by atoms with Gasteiger partial charge in [-0.3, -0.25) is 9.59 Å². The number of ether oxygens (including phenoxy) is 1. The fraction of sp³-hybridized carbons (Fsp3) is 0.464. The zero-order valence-corrected chi connectivity index (χ0v) is 21.0. The van der Waals surface area contributed by atoms with Crippen LogP contribution >= 0.6 is 0 Å². The van der Waals surface area contributed by atoms with Gasteiger partial charge in [0.25, 0.3) is 0 Å². The molecule has 1 aliphatic rings. The number of carboxylic acids is 1. The van der Waals surface area contributed by atoms with Gasteiger partial charge in [0, 0.05) is 31.5 Å². The third-order valence-corrected chi connectivity index (χ3v) is 6.74. The van der Waals surface area contributed by atoms with Gasteiger partial charge >= 0.3 is 12.1 Å². The van der Waals surface area contributed by atoms with Crippen molar-refractivity contribution < 1.29 is 24.2 Å². The highest BCUT2D eigenvalue weighted by atomic mass is 16.5. The Morgan fingerprint density at radius 3 is 2.06 bits per heavy atom. The molecule has 1 atom stereocenters. The molecule has 7 heteroatoms. The summed E-state index contributed by atoms with van der Waals surface area (Å²) in [6.45, 7) is 8.49. The molecule has 0 spiro atoms. The minimum Gasteiger partial charge on any atom is -0.481 e. The minimum atomic E-state index is -0.930. The molecule has 2 aromatic rings. The van der Waals surface area contributed by atoms with Gasteiger partial charge in [-0.1, -0.05) is 62.4 Å². The van der Waals surface area contributed by atoms with Crippen molar-refractivity contribution in [1.29, 1.82) is 0 Å². The van der Waals surface area contributed by atoms with Crippen molar-refractivity contribution in [2.24, 2.45) is 11.8 Å². The van der Waals surface area contributed by atoms with E-state index in [1.165, 1.54) is 11.1 Å². The molecule has 2 amide bonds. The summed E-state index contributed by atoms with van der Waals surface area (Å²) in [7, 11) is 0. The predicted octanol–water partition coefficient (Wildman–Crippen LogP) is 4.90. The van der Waals surface area contributed by atoms with Crippen LogP contribution in [0.15, 0.2) is 48.5 Å². The molecule has 0 radical (unpaired) electrons. The van der Waals surface area contributed by atoms with Crippen LogP contribution < -0.4 is 5.32 Å². The number of alkyl carbamates (subject to hydrolysis) is 1. The summed E-state index contributed by atoms with van der Waals surface area (Å²) in [6, 6.07) is 16.3. The van der Waals surface area contributed by atoms with Gasteiger partial charge in [-0.25, -0.2) is 4.79 Å². The monoisotopic (exact) mass is 480 g/mol. The summed E-state index contributed by atoms with van der Waals surface area (Å²) >= 11 is 0. The van der Waals surface area contributed by atoms with Crippen molar-refractivity contribution in [3.05, 3.63) is 59.7 Å². The van der Waals surface area contributed by atoms with Gasteiger partial charge in [0.2, 0.25) is 5.91 Å². The van der Waals surface area contributed by atoms with Gasteiger partial charge in [0.1, 0.15) is 6.61 Å². The fourth-order valence-corrected chi connectivity index (χ4v) is 4.64. The molecule has 7 nitrogen and oxygen atoms in total. The first-order valence-corrected chi connectivity index (χ1v) is 12.3. The summed E-state index contributed by atoms with van der Waals surface area (Å²) < 4.78 is 5.61. The van der Waals surface area contributed by atoms with E-state index in [0.717, 1.165) is 11.1 Å². The van der Waals surface area contributed by atoms with Crippen molar-refractivity contribution >= 4 is 18.0 Å². The molecule has 0 saturated heterocycles. The third-order valence-electron chi connectivity index (χ3n) is 6.74. The Bertz CT molecular complexity index is 1000. The predicted molar refractivity (Wildman–Crippen MR) is 135 cm³/mol. The number of carboxylic acid groups (broad SMARTS) is 1. The van der Waals surface area contributed by atoms with Crippen LogP contribution in [0.2, 0.25) is 0 Å². The maximum absolute atomic E-state index is 12.9. The van der Waals surface area contributed by atoms with E-state index in [1.54, 1.807) is 4.90 Å². The number of nitrogens with zero attached hydrogens (tertiary/aromatic N) is 1. The van der Waals surface area contributed by atoms with Crippen molar-refractivity contribution in [1.82, 2.24) is 10.2 Å². The summed E-state index contributed by atoms with van der Waals surface area (Å²) in [4.78, 5) is 38.0. The number of benzene rings is 2. The molecule has 2 N–H and O–H groups in total. The van der Waals surface area contributed by atoms with E-state index in [9.17, 15) is 14.4 Å². The number of aliphatic carboxylic acids is 1. The Labute approximate surface area is 207 Å². The molecular formula is C28H36N2O5. The zero-order chi connectivity index (χ0) is 25.5. The highest BCUT2D eigenvalue weighted by Crippen LogP contribution is 2.44. The summed E-state index contributed by atoms with van der Waals surface area (Å²) in [6.07, 6.45) is -0.357. The number of carbonyl (C=O) groups is 3. The fourth-order valence-electron chi connectivity index (χ4n) is 4.64. The van der Waals surface area contributed by atoms with Gasteiger partial charge in [-0.2, -0.15) is 0 Å². The smallest absolute Gasteiger partial charge is 0.407 e. The molecular weight excluding hydrogens is 444 g/mol. The van der Waals surface area contributed by atoms with Gasteiger partial charge < -0.3 is 20.1 Å². The Hall–Kier alpha value is -3.35. The molecule has 2 aromatic carbocycles. The van der Waals surface area contributed by atoms with E-state index in [4.69, 9.17) is 9.84 Å². The largest absolute Gasteiger partial charge is 0.481 e. The third kappa shape index (κ3) is 6.62. The molecule has 0 heterocycles. The number of hydrogen-bond donors (Lipinski definition) is 2. The lowest BCUT2D eigenvalue weighted by molar-refractivity contribution is -0.139. The molecule has 1 aliphatic carbocycles. The average molecular weight is 481 g/mol. The number of hydrogen-bond acceptors (Lipinski definition) is 4. The van der Waals surface area contributed by atoms with Gasteiger partial charge in [0.05, 0.1) is 6.42 Å². The van der Waals surface area contributed by atoms with Gasteiger partial charge in [0.15, 0.2) is 0 Å². The van der Waals surface area contributed by atoms with E-state index >= 15 is 0 Å². The highest BCUT2D eigenvalue weighted by molar-refractivity contribution is 5.79. The minimum absolute atomic E-state index is 0.00976. The second-order valence-electron chi connectivity index (χ2n) is 9.74. The second kappa shape index (κ2) is 11.9. The van der Waals surface area contributed by atoms with Gasteiger partial charge in [-0.05, 0) is 47.9 Å².